The molecule has 0 fully saturated rings. The molecule has 0 atom stereocenters. The number of aliphatic hydroxyl groups excluding tert-OH is 1. The summed E-state index contributed by atoms with van der Waals surface area (Å²) >= 11 is 0. The highest BCUT2D eigenvalue weighted by Crippen LogP contribution is 2.23. The molecule has 1 aromatic carbocycles. The Bertz CT molecular complexity index is 1170. The van der Waals surface area contributed by atoms with E-state index in [1.807, 2.05) is 54.6 Å². The minimum Gasteiger partial charge on any atom is -0.476 e. The number of rotatable bonds is 10. The maximum atomic E-state index is 9.46. The predicted octanol–water partition coefficient (Wildman–Crippen LogP) is 3.75. The second-order valence-corrected chi connectivity index (χ2v) is 7.36. The van der Waals surface area contributed by atoms with E-state index in [9.17, 15) is 5.11 Å². The van der Waals surface area contributed by atoms with Gasteiger partial charge in [-0.05, 0) is 42.9 Å². The molecule has 0 radical (unpaired) electrons. The summed E-state index contributed by atoms with van der Waals surface area (Å²) in [7, 11) is 0. The summed E-state index contributed by atoms with van der Waals surface area (Å²) in [6.45, 7) is 7.73. The number of fused-ring (bicyclic) bond motifs is 1. The van der Waals surface area contributed by atoms with E-state index < -0.39 is 0 Å². The highest BCUT2D eigenvalue weighted by atomic mass is 16.5. The highest BCUT2D eigenvalue weighted by molar-refractivity contribution is 5.65. The molecule has 32 heavy (non-hydrogen) atoms. The zero-order chi connectivity index (χ0) is 22.3. The molecule has 0 saturated heterocycles. The van der Waals surface area contributed by atoms with E-state index in [2.05, 4.69) is 39.1 Å². The largest absolute Gasteiger partial charge is 0.476 e. The Kier molecular flexibility index (Phi) is 6.94. The van der Waals surface area contributed by atoms with Gasteiger partial charge in [0, 0.05) is 30.1 Å². The molecule has 4 aromatic rings. The van der Waals surface area contributed by atoms with Gasteiger partial charge < -0.3 is 20.1 Å². The SMILES string of the molecule is CCN(CC)CCOc1cc(Nc2nc3cccc(-c4cccc(CO)c4)n3n2)ccn1. The van der Waals surface area contributed by atoms with Gasteiger partial charge in [0.25, 0.3) is 0 Å². The van der Waals surface area contributed by atoms with Crippen molar-refractivity contribution in [1.82, 2.24) is 24.5 Å². The number of hydrogen-bond donors (Lipinski definition) is 2. The van der Waals surface area contributed by atoms with Crippen LogP contribution in [0.3, 0.4) is 0 Å². The number of nitrogens with one attached hydrogen (secondary N) is 1. The van der Waals surface area contributed by atoms with Crippen LogP contribution in [-0.2, 0) is 6.61 Å². The molecule has 8 heteroatoms. The van der Waals surface area contributed by atoms with Crippen molar-refractivity contribution >= 4 is 17.3 Å². The second kappa shape index (κ2) is 10.2. The van der Waals surface area contributed by atoms with Crippen LogP contribution >= 0.6 is 0 Å². The standard InChI is InChI=1S/C24H28N6O2/c1-3-29(4-2)13-14-32-23-16-20(11-12-25-23)26-24-27-22-10-6-9-21(30(22)28-24)19-8-5-7-18(15-19)17-31/h5-12,15-16,31H,3-4,13-14,17H2,1-2H3,(H,25,26,28). The molecule has 3 heterocycles. The number of benzene rings is 1. The lowest BCUT2D eigenvalue weighted by molar-refractivity contribution is 0.218. The normalized spacial score (nSPS) is 11.2. The fraction of sp³-hybridized carbons (Fsp3) is 0.292. The Labute approximate surface area is 187 Å². The van der Waals surface area contributed by atoms with Gasteiger partial charge in [0.1, 0.15) is 6.61 Å². The van der Waals surface area contributed by atoms with E-state index in [-0.39, 0.29) is 6.61 Å². The zero-order valence-electron chi connectivity index (χ0n) is 18.4. The molecule has 166 valence electrons. The minimum absolute atomic E-state index is 0.00462. The van der Waals surface area contributed by atoms with Crippen LogP contribution in [0.2, 0.25) is 0 Å². The number of anilines is 2. The monoisotopic (exact) mass is 432 g/mol. The molecule has 0 saturated carbocycles. The van der Waals surface area contributed by atoms with Crippen LogP contribution in [0.15, 0.2) is 60.8 Å². The molecule has 4 rings (SSSR count). The van der Waals surface area contributed by atoms with Crippen LogP contribution in [0.5, 0.6) is 5.88 Å². The number of likely N-dealkylation sites (N-methyl/N-ethyl adjacent to an activating group) is 1. The van der Waals surface area contributed by atoms with Crippen molar-refractivity contribution in [1.29, 1.82) is 0 Å². The first kappa shape index (κ1) is 21.7. The Balaban J connectivity index is 1.51. The van der Waals surface area contributed by atoms with Crippen molar-refractivity contribution in [3.8, 4) is 17.1 Å². The molecule has 0 aliphatic carbocycles. The van der Waals surface area contributed by atoms with Crippen LogP contribution in [0.25, 0.3) is 16.9 Å². The van der Waals surface area contributed by atoms with E-state index in [1.54, 1.807) is 10.7 Å². The van der Waals surface area contributed by atoms with E-state index in [0.29, 0.717) is 18.4 Å². The number of aliphatic hydroxyl groups is 1. The van der Waals surface area contributed by atoms with Gasteiger partial charge in [0.15, 0.2) is 5.65 Å². The minimum atomic E-state index is -0.00462. The van der Waals surface area contributed by atoms with Gasteiger partial charge in [-0.3, -0.25) is 0 Å². The predicted molar refractivity (Wildman–Crippen MR) is 125 cm³/mol. The lowest BCUT2D eigenvalue weighted by Gasteiger charge is -2.17. The third kappa shape index (κ3) is 5.04. The Morgan fingerprint density at radius 2 is 1.91 bits per heavy atom. The topological polar surface area (TPSA) is 87.8 Å². The first-order chi connectivity index (χ1) is 15.7. The molecule has 0 aliphatic heterocycles. The van der Waals surface area contributed by atoms with Gasteiger partial charge in [-0.2, -0.15) is 4.98 Å². The van der Waals surface area contributed by atoms with Crippen molar-refractivity contribution < 1.29 is 9.84 Å². The Morgan fingerprint density at radius 3 is 2.72 bits per heavy atom. The van der Waals surface area contributed by atoms with Gasteiger partial charge in [-0.25, -0.2) is 9.50 Å². The zero-order valence-corrected chi connectivity index (χ0v) is 18.4. The molecular weight excluding hydrogens is 404 g/mol. The first-order valence-corrected chi connectivity index (χ1v) is 10.8. The van der Waals surface area contributed by atoms with Crippen molar-refractivity contribution in [3.05, 3.63) is 66.4 Å². The molecule has 0 unspecified atom stereocenters. The summed E-state index contributed by atoms with van der Waals surface area (Å²) in [5, 5.41) is 17.3. The average molecular weight is 433 g/mol. The molecule has 0 aliphatic rings. The number of ether oxygens (including phenoxy) is 1. The van der Waals surface area contributed by atoms with Crippen molar-refractivity contribution in [3.63, 3.8) is 0 Å². The fourth-order valence-electron chi connectivity index (χ4n) is 3.52. The molecule has 0 amide bonds. The summed E-state index contributed by atoms with van der Waals surface area (Å²) in [6.07, 6.45) is 1.71. The Morgan fingerprint density at radius 1 is 1.06 bits per heavy atom. The molecule has 0 spiro atoms. The van der Waals surface area contributed by atoms with Gasteiger partial charge in [0.2, 0.25) is 11.8 Å². The van der Waals surface area contributed by atoms with E-state index in [4.69, 9.17) is 4.74 Å². The van der Waals surface area contributed by atoms with Crippen molar-refractivity contribution in [2.24, 2.45) is 0 Å². The van der Waals surface area contributed by atoms with E-state index >= 15 is 0 Å². The molecule has 0 bridgehead atoms. The number of aromatic nitrogens is 4. The summed E-state index contributed by atoms with van der Waals surface area (Å²) in [4.78, 5) is 11.2. The van der Waals surface area contributed by atoms with Crippen LogP contribution in [0, 0.1) is 0 Å². The van der Waals surface area contributed by atoms with Gasteiger partial charge >= 0.3 is 0 Å². The van der Waals surface area contributed by atoms with Gasteiger partial charge in [0.05, 0.1) is 12.3 Å². The molecule has 8 nitrogen and oxygen atoms in total. The number of pyridine rings is 2. The third-order valence-corrected chi connectivity index (χ3v) is 5.31. The van der Waals surface area contributed by atoms with E-state index in [0.717, 1.165) is 47.8 Å². The number of hydrogen-bond acceptors (Lipinski definition) is 7. The molecule has 2 N–H and O–H groups in total. The van der Waals surface area contributed by atoms with Gasteiger partial charge in [-0.1, -0.05) is 38.1 Å². The number of nitrogens with zero attached hydrogens (tertiary/aromatic N) is 5. The van der Waals surface area contributed by atoms with E-state index in [1.165, 1.54) is 0 Å². The van der Waals surface area contributed by atoms with Crippen LogP contribution in [0.1, 0.15) is 19.4 Å². The van der Waals surface area contributed by atoms with Crippen molar-refractivity contribution in [2.45, 2.75) is 20.5 Å². The summed E-state index contributed by atoms with van der Waals surface area (Å²) < 4.78 is 7.61. The van der Waals surface area contributed by atoms with Crippen LogP contribution in [-0.4, -0.2) is 55.8 Å². The quantitative estimate of drug-likeness (QED) is 0.395. The van der Waals surface area contributed by atoms with Gasteiger partial charge in [-0.15, -0.1) is 5.10 Å². The van der Waals surface area contributed by atoms with Crippen LogP contribution < -0.4 is 10.1 Å². The first-order valence-electron chi connectivity index (χ1n) is 10.8. The summed E-state index contributed by atoms with van der Waals surface area (Å²) in [5.41, 5.74) is 4.24. The maximum Gasteiger partial charge on any atom is 0.247 e. The van der Waals surface area contributed by atoms with Crippen molar-refractivity contribution in [2.75, 3.05) is 31.6 Å². The smallest absolute Gasteiger partial charge is 0.247 e. The third-order valence-electron chi connectivity index (χ3n) is 5.31. The summed E-state index contributed by atoms with van der Waals surface area (Å²) in [5.74, 6) is 1.04. The lowest BCUT2D eigenvalue weighted by atomic mass is 10.1. The fourth-order valence-corrected chi connectivity index (χ4v) is 3.52. The highest BCUT2D eigenvalue weighted by Gasteiger charge is 2.10. The van der Waals surface area contributed by atoms with Crippen LogP contribution in [0.4, 0.5) is 11.6 Å². The Hall–Kier alpha value is -3.49. The maximum absolute atomic E-state index is 9.46. The lowest BCUT2D eigenvalue weighted by Crippen LogP contribution is -2.28. The average Bonchev–Trinajstić information content (AvgIpc) is 3.24. The molecular formula is C24H28N6O2. The summed E-state index contributed by atoms with van der Waals surface area (Å²) in [6, 6.07) is 17.3. The molecule has 3 aromatic heterocycles. The second-order valence-electron chi connectivity index (χ2n) is 7.36.